The van der Waals surface area contributed by atoms with E-state index in [0.29, 0.717) is 11.6 Å². The number of benzene rings is 2. The second-order valence-electron chi connectivity index (χ2n) is 5.35. The number of aromatic carboxylic acids is 1. The molecule has 1 N–H and O–H groups in total. The van der Waals surface area contributed by atoms with Crippen molar-refractivity contribution in [1.82, 2.24) is 9.78 Å². The van der Waals surface area contributed by atoms with Crippen LogP contribution in [0.25, 0.3) is 21.9 Å². The monoisotopic (exact) mass is 280 g/mol. The van der Waals surface area contributed by atoms with E-state index < -0.39 is 5.97 Å². The van der Waals surface area contributed by atoms with E-state index in [0.717, 1.165) is 21.9 Å². The van der Waals surface area contributed by atoms with Gasteiger partial charge in [0.2, 0.25) is 0 Å². The number of carbonyl (C=O) groups is 1. The third-order valence-corrected chi connectivity index (χ3v) is 3.57. The maximum atomic E-state index is 11.1. The molecule has 1 aromatic heterocycles. The van der Waals surface area contributed by atoms with Gasteiger partial charge in [-0.2, -0.15) is 5.10 Å². The highest BCUT2D eigenvalue weighted by Gasteiger charge is 2.09. The van der Waals surface area contributed by atoms with Crippen molar-refractivity contribution in [1.29, 1.82) is 0 Å². The zero-order valence-electron chi connectivity index (χ0n) is 11.9. The fraction of sp³-hybridized carbons (Fsp3) is 0.176. The second-order valence-corrected chi connectivity index (χ2v) is 5.35. The summed E-state index contributed by atoms with van der Waals surface area (Å²) in [6.45, 7) is 4.16. The number of nitrogens with zero attached hydrogens (tertiary/aromatic N) is 2. The van der Waals surface area contributed by atoms with Crippen LogP contribution < -0.4 is 0 Å². The van der Waals surface area contributed by atoms with Gasteiger partial charge < -0.3 is 5.11 Å². The molecule has 0 radical (unpaired) electrons. The molecule has 0 aliphatic rings. The van der Waals surface area contributed by atoms with E-state index in [1.165, 1.54) is 0 Å². The van der Waals surface area contributed by atoms with E-state index in [1.807, 2.05) is 41.3 Å². The van der Waals surface area contributed by atoms with Crippen LogP contribution in [0.4, 0.5) is 0 Å². The lowest BCUT2D eigenvalue weighted by Crippen LogP contribution is -1.99. The Bertz CT molecular complexity index is 819. The summed E-state index contributed by atoms with van der Waals surface area (Å²) in [5, 5.41) is 15.4. The van der Waals surface area contributed by atoms with Gasteiger partial charge in [-0.25, -0.2) is 4.79 Å². The maximum absolute atomic E-state index is 11.1. The van der Waals surface area contributed by atoms with Crippen LogP contribution >= 0.6 is 0 Å². The average Bonchev–Trinajstić information content (AvgIpc) is 2.95. The number of carboxylic acids is 1. The highest BCUT2D eigenvalue weighted by Crippen LogP contribution is 2.29. The van der Waals surface area contributed by atoms with E-state index in [4.69, 9.17) is 5.11 Å². The van der Waals surface area contributed by atoms with Gasteiger partial charge >= 0.3 is 5.97 Å². The van der Waals surface area contributed by atoms with Crippen molar-refractivity contribution in [3.8, 4) is 11.1 Å². The molecular formula is C17H16N2O2. The first-order chi connectivity index (χ1) is 10.1. The highest BCUT2D eigenvalue weighted by molar-refractivity contribution is 6.00. The van der Waals surface area contributed by atoms with Crippen molar-refractivity contribution in [3.05, 3.63) is 54.4 Å². The molecule has 0 unspecified atom stereocenters. The summed E-state index contributed by atoms with van der Waals surface area (Å²) >= 11 is 0. The number of aromatic nitrogens is 2. The number of carboxylic acid groups (broad SMARTS) is 1. The van der Waals surface area contributed by atoms with Crippen LogP contribution in [-0.2, 0) is 0 Å². The number of rotatable bonds is 3. The predicted molar refractivity (Wildman–Crippen MR) is 82.5 cm³/mol. The number of hydrogen-bond acceptors (Lipinski definition) is 2. The predicted octanol–water partition coefficient (Wildman–Crippen LogP) is 3.98. The minimum absolute atomic E-state index is 0.303. The van der Waals surface area contributed by atoms with Gasteiger partial charge in [-0.15, -0.1) is 0 Å². The van der Waals surface area contributed by atoms with Gasteiger partial charge in [-0.05, 0) is 42.3 Å². The number of fused-ring (bicyclic) bond motifs is 1. The topological polar surface area (TPSA) is 55.1 Å². The van der Waals surface area contributed by atoms with Crippen molar-refractivity contribution >= 4 is 16.7 Å². The Hall–Kier alpha value is -2.62. The Morgan fingerprint density at radius 2 is 2.05 bits per heavy atom. The Balaban J connectivity index is 2.16. The molecule has 0 bridgehead atoms. The Kier molecular flexibility index (Phi) is 3.22. The highest BCUT2D eigenvalue weighted by atomic mass is 16.4. The molecule has 106 valence electrons. The summed E-state index contributed by atoms with van der Waals surface area (Å²) in [5.41, 5.74) is 2.41. The lowest BCUT2D eigenvalue weighted by atomic mass is 9.99. The molecule has 0 saturated heterocycles. The molecular weight excluding hydrogens is 264 g/mol. The minimum Gasteiger partial charge on any atom is -0.478 e. The zero-order valence-corrected chi connectivity index (χ0v) is 11.9. The van der Waals surface area contributed by atoms with Crippen molar-refractivity contribution in [2.75, 3.05) is 0 Å². The van der Waals surface area contributed by atoms with Gasteiger partial charge in [-0.3, -0.25) is 4.68 Å². The van der Waals surface area contributed by atoms with E-state index >= 15 is 0 Å². The molecule has 1 heterocycles. The van der Waals surface area contributed by atoms with Crippen molar-refractivity contribution < 1.29 is 9.90 Å². The molecule has 0 saturated carbocycles. The summed E-state index contributed by atoms with van der Waals surface area (Å²) in [7, 11) is 0. The first kappa shape index (κ1) is 13.4. The molecule has 4 nitrogen and oxygen atoms in total. The van der Waals surface area contributed by atoms with Crippen molar-refractivity contribution in [2.45, 2.75) is 19.9 Å². The zero-order chi connectivity index (χ0) is 15.0. The van der Waals surface area contributed by atoms with Crippen LogP contribution in [-0.4, -0.2) is 20.9 Å². The van der Waals surface area contributed by atoms with Crippen LogP contribution in [0.5, 0.6) is 0 Å². The van der Waals surface area contributed by atoms with Gasteiger partial charge in [0.15, 0.2) is 0 Å². The summed E-state index contributed by atoms with van der Waals surface area (Å²) in [6, 6.07) is 11.4. The average molecular weight is 280 g/mol. The van der Waals surface area contributed by atoms with Crippen LogP contribution in [0.15, 0.2) is 48.8 Å². The quantitative estimate of drug-likeness (QED) is 0.789. The SMILES string of the molecule is CC(C)n1cc(-c2cccc3cc(C(=O)O)ccc23)cn1. The Morgan fingerprint density at radius 3 is 2.71 bits per heavy atom. The molecule has 0 spiro atoms. The van der Waals surface area contributed by atoms with Crippen LogP contribution in [0.1, 0.15) is 30.2 Å². The standard InChI is InChI=1S/C17H16N2O2/c1-11(2)19-10-14(9-18-19)15-5-3-4-12-8-13(17(20)21)6-7-16(12)15/h3-11H,1-2H3,(H,20,21). The van der Waals surface area contributed by atoms with Crippen LogP contribution in [0.2, 0.25) is 0 Å². The smallest absolute Gasteiger partial charge is 0.335 e. The largest absolute Gasteiger partial charge is 0.478 e. The molecule has 0 fully saturated rings. The van der Waals surface area contributed by atoms with Crippen molar-refractivity contribution in [2.24, 2.45) is 0 Å². The summed E-state index contributed by atoms with van der Waals surface area (Å²) in [6.07, 6.45) is 3.87. The fourth-order valence-corrected chi connectivity index (χ4v) is 2.43. The molecule has 0 atom stereocenters. The van der Waals surface area contributed by atoms with Gasteiger partial charge in [0.25, 0.3) is 0 Å². The molecule has 4 heteroatoms. The van der Waals surface area contributed by atoms with Crippen LogP contribution in [0, 0.1) is 0 Å². The first-order valence-corrected chi connectivity index (χ1v) is 6.87. The summed E-state index contributed by atoms with van der Waals surface area (Å²) in [4.78, 5) is 11.1. The Labute approximate surface area is 122 Å². The molecule has 0 amide bonds. The van der Waals surface area contributed by atoms with Crippen molar-refractivity contribution in [3.63, 3.8) is 0 Å². The third kappa shape index (κ3) is 2.40. The fourth-order valence-electron chi connectivity index (χ4n) is 2.43. The minimum atomic E-state index is -0.907. The van der Waals surface area contributed by atoms with E-state index in [1.54, 1.807) is 12.1 Å². The molecule has 0 aliphatic heterocycles. The summed E-state index contributed by atoms with van der Waals surface area (Å²) < 4.78 is 1.92. The lowest BCUT2D eigenvalue weighted by Gasteiger charge is -2.06. The van der Waals surface area contributed by atoms with E-state index in [-0.39, 0.29) is 0 Å². The molecule has 21 heavy (non-hydrogen) atoms. The van der Waals surface area contributed by atoms with Gasteiger partial charge in [0.05, 0.1) is 11.8 Å². The molecule has 3 aromatic rings. The van der Waals surface area contributed by atoms with Gasteiger partial charge in [0, 0.05) is 17.8 Å². The van der Waals surface area contributed by atoms with E-state index in [2.05, 4.69) is 18.9 Å². The molecule has 2 aromatic carbocycles. The summed E-state index contributed by atoms with van der Waals surface area (Å²) in [5.74, 6) is -0.907. The van der Waals surface area contributed by atoms with Crippen LogP contribution in [0.3, 0.4) is 0 Å². The second kappa shape index (κ2) is 5.05. The van der Waals surface area contributed by atoms with Gasteiger partial charge in [0.1, 0.15) is 0 Å². The first-order valence-electron chi connectivity index (χ1n) is 6.87. The lowest BCUT2D eigenvalue weighted by molar-refractivity contribution is 0.0697. The molecule has 3 rings (SSSR count). The van der Waals surface area contributed by atoms with Gasteiger partial charge in [-0.1, -0.05) is 24.3 Å². The third-order valence-electron chi connectivity index (χ3n) is 3.57. The van der Waals surface area contributed by atoms with E-state index in [9.17, 15) is 4.79 Å². The normalized spacial score (nSPS) is 11.2. The Morgan fingerprint density at radius 1 is 1.24 bits per heavy atom. The molecule has 0 aliphatic carbocycles. The number of hydrogen-bond donors (Lipinski definition) is 1. The maximum Gasteiger partial charge on any atom is 0.335 e.